The van der Waals surface area contributed by atoms with Crippen LogP contribution in [-0.2, 0) is 21.2 Å². The van der Waals surface area contributed by atoms with Gasteiger partial charge in [-0.3, -0.25) is 14.7 Å². The molecule has 0 saturated carbocycles. The molecule has 0 spiro atoms. The van der Waals surface area contributed by atoms with E-state index in [-0.39, 0.29) is 15.9 Å². The first-order chi connectivity index (χ1) is 21.7. The van der Waals surface area contributed by atoms with Crippen molar-refractivity contribution in [1.29, 1.82) is 0 Å². The summed E-state index contributed by atoms with van der Waals surface area (Å²) in [5.41, 5.74) is 1.29. The minimum absolute atomic E-state index is 0.0532. The Hall–Kier alpha value is -2.10. The van der Waals surface area contributed by atoms with Gasteiger partial charge in [0.1, 0.15) is 5.76 Å². The van der Waals surface area contributed by atoms with Crippen molar-refractivity contribution in [2.24, 2.45) is 0 Å². The van der Waals surface area contributed by atoms with Crippen LogP contribution in [0.1, 0.15) is 108 Å². The van der Waals surface area contributed by atoms with E-state index in [1.54, 1.807) is 12.3 Å². The Bertz CT molecular complexity index is 1320. The summed E-state index contributed by atoms with van der Waals surface area (Å²) in [6, 6.07) is 6.19. The molecule has 3 aliphatic rings. The van der Waals surface area contributed by atoms with Crippen LogP contribution in [-0.4, -0.2) is 64.5 Å². The molecule has 2 fully saturated rings. The zero-order chi connectivity index (χ0) is 31.9. The van der Waals surface area contributed by atoms with Crippen LogP contribution in [0.3, 0.4) is 0 Å². The van der Waals surface area contributed by atoms with Crippen LogP contribution in [0, 0.1) is 0 Å². The van der Waals surface area contributed by atoms with Crippen molar-refractivity contribution in [1.82, 2.24) is 14.8 Å². The van der Waals surface area contributed by atoms with Crippen molar-refractivity contribution in [2.75, 3.05) is 39.3 Å². The number of alkyl halides is 3. The summed E-state index contributed by atoms with van der Waals surface area (Å²) in [6.07, 6.45) is 11.8. The summed E-state index contributed by atoms with van der Waals surface area (Å²) in [5.74, 6) is 0.807. The molecule has 0 bridgehead atoms. The molecule has 45 heavy (non-hydrogen) atoms. The van der Waals surface area contributed by atoms with Crippen molar-refractivity contribution < 1.29 is 22.7 Å². The van der Waals surface area contributed by atoms with Crippen molar-refractivity contribution in [2.45, 2.75) is 114 Å². The Kier molecular flexibility index (Phi) is 11.9. The fraction of sp³-hybridized carbons (Fsp3) is 0.667. The summed E-state index contributed by atoms with van der Waals surface area (Å²) in [6.45, 7) is 9.77. The van der Waals surface area contributed by atoms with E-state index in [2.05, 4.69) is 20.9 Å². The molecule has 0 N–H and O–H groups in total. The van der Waals surface area contributed by atoms with Crippen LogP contribution in [0.15, 0.2) is 41.8 Å². The number of halogens is 3. The smallest absolute Gasteiger partial charge is 0.416 e. The number of carbonyl (C=O) groups excluding carboxylic acids is 1. The lowest BCUT2D eigenvalue weighted by Gasteiger charge is -2.46. The van der Waals surface area contributed by atoms with Crippen LogP contribution in [0.4, 0.5) is 13.2 Å². The highest BCUT2D eigenvalue weighted by Crippen LogP contribution is 2.44. The van der Waals surface area contributed by atoms with Crippen LogP contribution in [0.5, 0.6) is 0 Å². The number of fused-ring (bicyclic) bond motifs is 1. The Balaban J connectivity index is 1.45. The molecule has 0 amide bonds. The quantitative estimate of drug-likeness (QED) is 0.215. The Morgan fingerprint density at radius 1 is 0.911 bits per heavy atom. The first-order valence-electron chi connectivity index (χ1n) is 17.2. The number of pyridine rings is 1. The SMILES string of the molecule is CC1=C(OCCCCC(CCCN2CCCCCC2)(c2ccnc3cc(C(F)(F)F)ccc23)N2CCCCCC2)C(C)SC1=O. The minimum Gasteiger partial charge on any atom is -0.496 e. The van der Waals surface area contributed by atoms with Crippen LogP contribution in [0.25, 0.3) is 10.9 Å². The predicted octanol–water partition coefficient (Wildman–Crippen LogP) is 9.10. The summed E-state index contributed by atoms with van der Waals surface area (Å²) >= 11 is 1.32. The van der Waals surface area contributed by atoms with E-state index in [9.17, 15) is 18.0 Å². The van der Waals surface area contributed by atoms with Gasteiger partial charge in [-0.25, -0.2) is 0 Å². The standard InChI is InChI=1S/C36H50F3N3O2S/c1-27-33(28(2)45-34(27)43)44-25-12-7-17-35(42-23-10-5-6-11-24-42,18-13-22-41-20-8-3-4-9-21-41)31-16-19-40-32-26-29(36(37,38)39)14-15-30(31)32/h14-16,19,26,28H,3-13,17-18,20-25H2,1-2H3. The Labute approximate surface area is 271 Å². The third kappa shape index (κ3) is 8.44. The number of ether oxygens (including phenoxy) is 1. The van der Waals surface area contributed by atoms with E-state index in [0.717, 1.165) is 100.0 Å². The van der Waals surface area contributed by atoms with Gasteiger partial charge in [-0.05, 0) is 128 Å². The highest BCUT2D eigenvalue weighted by molar-refractivity contribution is 8.15. The van der Waals surface area contributed by atoms with Crippen LogP contribution in [0.2, 0.25) is 0 Å². The number of carbonyl (C=O) groups is 1. The van der Waals surface area contributed by atoms with E-state index >= 15 is 0 Å². The normalized spacial score (nSPS) is 22.4. The third-order valence-corrected chi connectivity index (χ3v) is 11.2. The molecule has 5 nitrogen and oxygen atoms in total. The molecule has 0 radical (unpaired) electrons. The summed E-state index contributed by atoms with van der Waals surface area (Å²) in [4.78, 5) is 21.9. The van der Waals surface area contributed by atoms with E-state index in [4.69, 9.17) is 4.74 Å². The van der Waals surface area contributed by atoms with E-state index in [0.29, 0.717) is 12.1 Å². The average Bonchev–Trinajstić information content (AvgIpc) is 3.34. The number of benzene rings is 1. The van der Waals surface area contributed by atoms with E-state index < -0.39 is 11.7 Å². The lowest BCUT2D eigenvalue weighted by molar-refractivity contribution is -0.137. The summed E-state index contributed by atoms with van der Waals surface area (Å²) in [7, 11) is 0. The van der Waals surface area contributed by atoms with Gasteiger partial charge in [0, 0.05) is 22.7 Å². The molecule has 2 aromatic rings. The Morgan fingerprint density at radius 3 is 2.22 bits per heavy atom. The second-order valence-electron chi connectivity index (χ2n) is 13.2. The van der Waals surface area contributed by atoms with Gasteiger partial charge < -0.3 is 9.64 Å². The molecule has 1 aromatic carbocycles. The fourth-order valence-corrected chi connectivity index (χ4v) is 8.65. The van der Waals surface area contributed by atoms with Crippen LogP contribution >= 0.6 is 11.8 Å². The molecule has 0 aliphatic carbocycles. The minimum atomic E-state index is -4.41. The maximum atomic E-state index is 13.7. The number of thioether (sulfide) groups is 1. The summed E-state index contributed by atoms with van der Waals surface area (Å²) < 4.78 is 47.3. The maximum Gasteiger partial charge on any atom is 0.416 e. The molecule has 248 valence electrons. The average molecular weight is 646 g/mol. The van der Waals surface area contributed by atoms with Crippen molar-refractivity contribution in [3.05, 3.63) is 52.9 Å². The number of unbranched alkanes of at least 4 members (excludes halogenated alkanes) is 1. The molecule has 2 unspecified atom stereocenters. The lowest BCUT2D eigenvalue weighted by Crippen LogP contribution is -2.47. The van der Waals surface area contributed by atoms with Gasteiger partial charge in [-0.1, -0.05) is 43.5 Å². The maximum absolute atomic E-state index is 13.7. The van der Waals surface area contributed by atoms with Crippen molar-refractivity contribution >= 4 is 27.8 Å². The number of hydrogen-bond donors (Lipinski definition) is 0. The van der Waals surface area contributed by atoms with Crippen molar-refractivity contribution in [3.8, 4) is 0 Å². The van der Waals surface area contributed by atoms with Crippen LogP contribution < -0.4 is 0 Å². The molecule has 4 heterocycles. The number of aromatic nitrogens is 1. The molecular weight excluding hydrogens is 595 g/mol. The van der Waals surface area contributed by atoms with Gasteiger partial charge in [0.15, 0.2) is 0 Å². The molecule has 1 aromatic heterocycles. The van der Waals surface area contributed by atoms with Gasteiger partial charge in [0.25, 0.3) is 0 Å². The van der Waals surface area contributed by atoms with Gasteiger partial charge in [0.05, 0.1) is 22.9 Å². The zero-order valence-electron chi connectivity index (χ0n) is 27.1. The molecular formula is C36H50F3N3O2S. The summed E-state index contributed by atoms with van der Waals surface area (Å²) in [5, 5.41) is 0.981. The van der Waals surface area contributed by atoms with Gasteiger partial charge in [0.2, 0.25) is 5.12 Å². The number of rotatable bonds is 12. The molecule has 5 rings (SSSR count). The van der Waals surface area contributed by atoms with E-state index in [1.807, 2.05) is 13.8 Å². The molecule has 9 heteroatoms. The highest BCUT2D eigenvalue weighted by atomic mass is 32.2. The molecule has 3 aliphatic heterocycles. The largest absolute Gasteiger partial charge is 0.496 e. The molecule has 2 saturated heterocycles. The predicted molar refractivity (Wildman–Crippen MR) is 177 cm³/mol. The topological polar surface area (TPSA) is 45.7 Å². The van der Waals surface area contributed by atoms with Gasteiger partial charge in [-0.15, -0.1) is 0 Å². The van der Waals surface area contributed by atoms with Crippen molar-refractivity contribution in [3.63, 3.8) is 0 Å². The lowest BCUT2D eigenvalue weighted by atomic mass is 9.77. The number of nitrogens with zero attached hydrogens (tertiary/aromatic N) is 3. The second-order valence-corrected chi connectivity index (χ2v) is 14.5. The Morgan fingerprint density at radius 2 is 1.58 bits per heavy atom. The first kappa shape index (κ1) is 34.2. The monoisotopic (exact) mass is 645 g/mol. The fourth-order valence-electron chi connectivity index (χ4n) is 7.70. The second kappa shape index (κ2) is 15.7. The first-order valence-corrected chi connectivity index (χ1v) is 18.1. The van der Waals surface area contributed by atoms with E-state index in [1.165, 1.54) is 62.4 Å². The van der Waals surface area contributed by atoms with Gasteiger partial charge in [-0.2, -0.15) is 13.2 Å². The van der Waals surface area contributed by atoms with Gasteiger partial charge >= 0.3 is 6.18 Å². The number of likely N-dealkylation sites (tertiary alicyclic amines) is 2. The third-order valence-electron chi connectivity index (χ3n) is 10.1. The molecule has 2 atom stereocenters. The zero-order valence-corrected chi connectivity index (χ0v) is 27.9. The highest BCUT2D eigenvalue weighted by Gasteiger charge is 2.40. The number of hydrogen-bond acceptors (Lipinski definition) is 6.